The summed E-state index contributed by atoms with van der Waals surface area (Å²) < 4.78 is 1.43. The second-order valence-electron chi connectivity index (χ2n) is 5.17. The minimum absolute atomic E-state index is 0.0325. The van der Waals surface area contributed by atoms with Gasteiger partial charge in [-0.1, -0.05) is 12.1 Å². The predicted molar refractivity (Wildman–Crippen MR) is 82.8 cm³/mol. The van der Waals surface area contributed by atoms with Crippen LogP contribution >= 0.6 is 0 Å². The van der Waals surface area contributed by atoms with Crippen LogP contribution in [-0.2, 0) is 11.3 Å². The van der Waals surface area contributed by atoms with E-state index in [1.54, 1.807) is 6.92 Å². The highest BCUT2D eigenvalue weighted by Crippen LogP contribution is 2.18. The first kappa shape index (κ1) is 15.7. The highest BCUT2D eigenvalue weighted by Gasteiger charge is 2.15. The average Bonchev–Trinajstić information content (AvgIpc) is 2.83. The molecule has 0 saturated carbocycles. The van der Waals surface area contributed by atoms with Crippen molar-refractivity contribution in [2.45, 2.75) is 33.7 Å². The first-order chi connectivity index (χ1) is 10.4. The molecule has 0 fully saturated rings. The molecule has 0 aliphatic heterocycles. The number of nitrogens with zero attached hydrogens (tertiary/aromatic N) is 3. The molecule has 2 rings (SSSR count). The van der Waals surface area contributed by atoms with Crippen LogP contribution < -0.4 is 5.32 Å². The van der Waals surface area contributed by atoms with Crippen molar-refractivity contribution in [3.63, 3.8) is 0 Å². The van der Waals surface area contributed by atoms with Crippen LogP contribution in [0.15, 0.2) is 24.4 Å². The molecule has 7 nitrogen and oxygen atoms in total. The standard InChI is InChI=1S/C15H18N4O3/c1-10-5-4-6-13(11(10)2)16-15(20)7-8-18-9-14(19(21)22)12(3)17-18/h4-6,9H,7-8H2,1-3H3,(H,16,20). The lowest BCUT2D eigenvalue weighted by molar-refractivity contribution is -0.385. The summed E-state index contributed by atoms with van der Waals surface area (Å²) in [7, 11) is 0. The fourth-order valence-corrected chi connectivity index (χ4v) is 2.12. The van der Waals surface area contributed by atoms with Crippen LogP contribution in [0.3, 0.4) is 0 Å². The van der Waals surface area contributed by atoms with E-state index < -0.39 is 4.92 Å². The van der Waals surface area contributed by atoms with E-state index in [4.69, 9.17) is 0 Å². The van der Waals surface area contributed by atoms with Crippen LogP contribution in [0.25, 0.3) is 0 Å². The van der Waals surface area contributed by atoms with Crippen molar-refractivity contribution in [2.75, 3.05) is 5.32 Å². The monoisotopic (exact) mass is 302 g/mol. The van der Waals surface area contributed by atoms with Gasteiger partial charge in [-0.25, -0.2) is 0 Å². The Kier molecular flexibility index (Phi) is 4.55. The van der Waals surface area contributed by atoms with E-state index in [0.717, 1.165) is 16.8 Å². The Hall–Kier alpha value is -2.70. The molecule has 22 heavy (non-hydrogen) atoms. The van der Waals surface area contributed by atoms with E-state index in [-0.39, 0.29) is 18.0 Å². The molecule has 0 spiro atoms. The summed E-state index contributed by atoms with van der Waals surface area (Å²) >= 11 is 0. The van der Waals surface area contributed by atoms with Gasteiger partial charge in [-0.3, -0.25) is 19.6 Å². The smallest absolute Gasteiger partial charge is 0.309 e. The van der Waals surface area contributed by atoms with Gasteiger partial charge in [-0.2, -0.15) is 5.10 Å². The van der Waals surface area contributed by atoms with Gasteiger partial charge >= 0.3 is 5.69 Å². The van der Waals surface area contributed by atoms with Crippen molar-refractivity contribution >= 4 is 17.3 Å². The number of nitrogens with one attached hydrogen (secondary N) is 1. The van der Waals surface area contributed by atoms with Crippen molar-refractivity contribution < 1.29 is 9.72 Å². The molecule has 0 bridgehead atoms. The third-order valence-electron chi connectivity index (χ3n) is 3.56. The third kappa shape index (κ3) is 3.49. The summed E-state index contributed by atoms with van der Waals surface area (Å²) in [6.07, 6.45) is 1.55. The van der Waals surface area contributed by atoms with Gasteiger partial charge in [0.15, 0.2) is 0 Å². The van der Waals surface area contributed by atoms with Gasteiger partial charge in [0.1, 0.15) is 11.9 Å². The normalized spacial score (nSPS) is 10.5. The van der Waals surface area contributed by atoms with Crippen molar-refractivity contribution in [3.05, 3.63) is 51.3 Å². The molecule has 0 atom stereocenters. The lowest BCUT2D eigenvalue weighted by atomic mass is 10.1. The number of carbonyl (C=O) groups is 1. The minimum Gasteiger partial charge on any atom is -0.326 e. The topological polar surface area (TPSA) is 90.1 Å². The van der Waals surface area contributed by atoms with Gasteiger partial charge in [-0.05, 0) is 38.0 Å². The summed E-state index contributed by atoms with van der Waals surface area (Å²) in [5.74, 6) is -0.149. The van der Waals surface area contributed by atoms with E-state index in [2.05, 4.69) is 10.4 Å². The molecule has 0 unspecified atom stereocenters. The van der Waals surface area contributed by atoms with Crippen LogP contribution in [-0.4, -0.2) is 20.6 Å². The number of nitro groups is 1. The Morgan fingerprint density at radius 1 is 1.36 bits per heavy atom. The highest BCUT2D eigenvalue weighted by molar-refractivity contribution is 5.91. The quantitative estimate of drug-likeness (QED) is 0.679. The maximum atomic E-state index is 12.0. The van der Waals surface area contributed by atoms with Crippen molar-refractivity contribution in [2.24, 2.45) is 0 Å². The number of carbonyl (C=O) groups excluding carboxylic acids is 1. The Labute approximate surface area is 128 Å². The summed E-state index contributed by atoms with van der Waals surface area (Å²) in [5.41, 5.74) is 3.24. The van der Waals surface area contributed by atoms with Crippen LogP contribution in [0.4, 0.5) is 11.4 Å². The molecule has 1 aromatic heterocycles. The SMILES string of the molecule is Cc1cccc(NC(=O)CCn2cc([N+](=O)[O-])c(C)n2)c1C. The zero-order chi connectivity index (χ0) is 16.3. The van der Waals surface area contributed by atoms with Gasteiger partial charge < -0.3 is 5.32 Å². The van der Waals surface area contributed by atoms with Gasteiger partial charge in [0, 0.05) is 18.7 Å². The van der Waals surface area contributed by atoms with Gasteiger partial charge in [0.05, 0.1) is 4.92 Å². The number of amides is 1. The van der Waals surface area contributed by atoms with Crippen molar-refractivity contribution in [1.29, 1.82) is 0 Å². The Morgan fingerprint density at radius 2 is 2.09 bits per heavy atom. The second kappa shape index (κ2) is 6.38. The number of benzene rings is 1. The maximum Gasteiger partial charge on any atom is 0.309 e. The molecule has 7 heteroatoms. The highest BCUT2D eigenvalue weighted by atomic mass is 16.6. The number of aromatic nitrogens is 2. The van der Waals surface area contributed by atoms with E-state index in [9.17, 15) is 14.9 Å². The van der Waals surface area contributed by atoms with Crippen molar-refractivity contribution in [3.8, 4) is 0 Å². The van der Waals surface area contributed by atoms with Gasteiger partial charge in [0.2, 0.25) is 5.91 Å². The number of anilines is 1. The lowest BCUT2D eigenvalue weighted by Gasteiger charge is -2.10. The molecule has 0 aliphatic carbocycles. The van der Waals surface area contributed by atoms with Gasteiger partial charge in [-0.15, -0.1) is 0 Å². The zero-order valence-electron chi connectivity index (χ0n) is 12.8. The van der Waals surface area contributed by atoms with Gasteiger partial charge in [0.25, 0.3) is 0 Å². The number of rotatable bonds is 5. The maximum absolute atomic E-state index is 12.0. The molecule has 0 saturated heterocycles. The molecule has 1 N–H and O–H groups in total. The fourth-order valence-electron chi connectivity index (χ4n) is 2.12. The largest absolute Gasteiger partial charge is 0.326 e. The molecule has 2 aromatic rings. The van der Waals surface area contributed by atoms with Crippen LogP contribution in [0.5, 0.6) is 0 Å². The number of hydrogen-bond donors (Lipinski definition) is 1. The molecule has 1 aromatic carbocycles. The molecule has 1 amide bonds. The molecular weight excluding hydrogens is 284 g/mol. The number of hydrogen-bond acceptors (Lipinski definition) is 4. The summed E-state index contributed by atoms with van der Waals surface area (Å²) in [6.45, 7) is 5.80. The van der Waals surface area contributed by atoms with E-state index >= 15 is 0 Å². The Morgan fingerprint density at radius 3 is 2.73 bits per heavy atom. The first-order valence-corrected chi connectivity index (χ1v) is 6.93. The summed E-state index contributed by atoms with van der Waals surface area (Å²) in [5, 5.41) is 17.6. The second-order valence-corrected chi connectivity index (χ2v) is 5.17. The number of aryl methyl sites for hydroxylation is 3. The van der Waals surface area contributed by atoms with E-state index in [1.807, 2.05) is 32.0 Å². The molecule has 1 heterocycles. The Balaban J connectivity index is 1.97. The minimum atomic E-state index is -0.477. The van der Waals surface area contributed by atoms with Crippen LogP contribution in [0.2, 0.25) is 0 Å². The molecular formula is C15H18N4O3. The Bertz CT molecular complexity index is 722. The van der Waals surface area contributed by atoms with Crippen LogP contribution in [0.1, 0.15) is 23.2 Å². The first-order valence-electron chi connectivity index (χ1n) is 6.93. The molecule has 0 radical (unpaired) electrons. The fraction of sp³-hybridized carbons (Fsp3) is 0.333. The average molecular weight is 302 g/mol. The van der Waals surface area contributed by atoms with E-state index in [1.165, 1.54) is 10.9 Å². The van der Waals surface area contributed by atoms with E-state index in [0.29, 0.717) is 12.2 Å². The third-order valence-corrected chi connectivity index (χ3v) is 3.56. The van der Waals surface area contributed by atoms with Crippen LogP contribution in [0, 0.1) is 30.9 Å². The zero-order valence-corrected chi connectivity index (χ0v) is 12.8. The molecule has 116 valence electrons. The lowest BCUT2D eigenvalue weighted by Crippen LogP contribution is -2.15. The summed E-state index contributed by atoms with van der Waals surface area (Å²) in [4.78, 5) is 22.3. The predicted octanol–water partition coefficient (Wildman–Crippen LogP) is 2.75. The molecule has 0 aliphatic rings. The summed E-state index contributed by atoms with van der Waals surface area (Å²) in [6, 6.07) is 5.72. The van der Waals surface area contributed by atoms with Crippen molar-refractivity contribution in [1.82, 2.24) is 9.78 Å².